The number of carbonyl (C=O) groups is 1. The van der Waals surface area contributed by atoms with Crippen molar-refractivity contribution in [2.75, 3.05) is 57.1 Å². The van der Waals surface area contributed by atoms with Crippen LogP contribution in [0.4, 0.5) is 11.7 Å². The monoisotopic (exact) mass is 453 g/mol. The minimum absolute atomic E-state index is 0.100. The van der Waals surface area contributed by atoms with Crippen LogP contribution in [0.5, 0.6) is 11.5 Å². The van der Waals surface area contributed by atoms with Crippen LogP contribution in [0.3, 0.4) is 0 Å². The van der Waals surface area contributed by atoms with Crippen molar-refractivity contribution in [1.29, 1.82) is 0 Å². The molecule has 3 aromatic rings. The SMILES string of the molecule is COc1cc(NC(=O)c2ccc(O)cc2)ccc1-c1nnc(NCCCN2CCOCC2)o1. The Kier molecular flexibility index (Phi) is 7.38. The molecule has 33 heavy (non-hydrogen) atoms. The largest absolute Gasteiger partial charge is 0.508 e. The average molecular weight is 453 g/mol. The standard InChI is InChI=1S/C23H27N5O5/c1-31-20-15-17(25-21(30)16-3-6-18(29)7-4-16)5-8-19(20)22-26-27-23(33-22)24-9-2-10-28-11-13-32-14-12-28/h3-8,15,29H,2,9-14H2,1H3,(H,24,27)(H,25,30). The molecule has 174 valence electrons. The van der Waals surface area contributed by atoms with E-state index in [2.05, 4.69) is 25.7 Å². The summed E-state index contributed by atoms with van der Waals surface area (Å²) in [6, 6.07) is 11.5. The van der Waals surface area contributed by atoms with E-state index in [0.29, 0.717) is 34.5 Å². The molecule has 0 atom stereocenters. The number of methoxy groups -OCH3 is 1. The Hall–Kier alpha value is -3.63. The predicted octanol–water partition coefficient (Wildman–Crippen LogP) is 2.84. The number of anilines is 2. The van der Waals surface area contributed by atoms with E-state index in [4.69, 9.17) is 13.9 Å². The summed E-state index contributed by atoms with van der Waals surface area (Å²) in [7, 11) is 1.53. The normalized spacial score (nSPS) is 14.1. The second kappa shape index (κ2) is 10.8. The molecule has 0 saturated carbocycles. The van der Waals surface area contributed by atoms with Crippen molar-refractivity contribution in [1.82, 2.24) is 15.1 Å². The first kappa shape index (κ1) is 22.6. The van der Waals surface area contributed by atoms with E-state index in [9.17, 15) is 9.90 Å². The number of hydrogen-bond acceptors (Lipinski definition) is 9. The van der Waals surface area contributed by atoms with Crippen LogP contribution >= 0.6 is 0 Å². The molecule has 2 heterocycles. The number of nitrogens with one attached hydrogen (secondary N) is 2. The molecule has 0 aliphatic carbocycles. The van der Waals surface area contributed by atoms with Crippen molar-refractivity contribution in [3.05, 3.63) is 48.0 Å². The molecular formula is C23H27N5O5. The summed E-state index contributed by atoms with van der Waals surface area (Å²) < 4.78 is 16.6. The van der Waals surface area contributed by atoms with Crippen molar-refractivity contribution < 1.29 is 23.8 Å². The summed E-state index contributed by atoms with van der Waals surface area (Å²) in [6.45, 7) is 5.23. The van der Waals surface area contributed by atoms with Gasteiger partial charge in [-0.25, -0.2) is 0 Å². The lowest BCUT2D eigenvalue weighted by Crippen LogP contribution is -2.37. The minimum Gasteiger partial charge on any atom is -0.508 e. The number of phenolic OH excluding ortho intramolecular Hbond substituents is 1. The van der Waals surface area contributed by atoms with E-state index >= 15 is 0 Å². The van der Waals surface area contributed by atoms with Gasteiger partial charge in [-0.3, -0.25) is 9.69 Å². The van der Waals surface area contributed by atoms with Crippen LogP contribution in [-0.2, 0) is 4.74 Å². The van der Waals surface area contributed by atoms with Gasteiger partial charge in [0.15, 0.2) is 0 Å². The summed E-state index contributed by atoms with van der Waals surface area (Å²) in [5.74, 6) is 0.606. The molecule has 1 aliphatic rings. The molecule has 3 N–H and O–H groups in total. The van der Waals surface area contributed by atoms with E-state index in [1.165, 1.54) is 19.2 Å². The van der Waals surface area contributed by atoms with E-state index in [1.807, 2.05) is 0 Å². The first-order chi connectivity index (χ1) is 16.1. The molecule has 10 nitrogen and oxygen atoms in total. The van der Waals surface area contributed by atoms with Gasteiger partial charge in [0.1, 0.15) is 11.5 Å². The first-order valence-corrected chi connectivity index (χ1v) is 10.8. The maximum atomic E-state index is 12.4. The third-order valence-corrected chi connectivity index (χ3v) is 5.28. The Bertz CT molecular complexity index is 1060. The lowest BCUT2D eigenvalue weighted by Gasteiger charge is -2.26. The Morgan fingerprint density at radius 2 is 1.94 bits per heavy atom. The molecule has 1 saturated heterocycles. The van der Waals surface area contributed by atoms with Crippen LogP contribution in [0.1, 0.15) is 16.8 Å². The Labute approximate surface area is 191 Å². The Morgan fingerprint density at radius 1 is 1.15 bits per heavy atom. The third kappa shape index (κ3) is 5.99. The van der Waals surface area contributed by atoms with Gasteiger partial charge in [-0.15, -0.1) is 5.10 Å². The van der Waals surface area contributed by atoms with Gasteiger partial charge in [-0.2, -0.15) is 0 Å². The maximum Gasteiger partial charge on any atom is 0.315 e. The number of hydrogen-bond donors (Lipinski definition) is 3. The number of carbonyl (C=O) groups excluding carboxylic acids is 1. The molecule has 0 spiro atoms. The van der Waals surface area contributed by atoms with Gasteiger partial charge in [0.25, 0.3) is 11.8 Å². The number of rotatable bonds is 9. The number of ether oxygens (including phenoxy) is 2. The maximum absolute atomic E-state index is 12.4. The second-order valence-corrected chi connectivity index (χ2v) is 7.56. The summed E-state index contributed by atoms with van der Waals surface area (Å²) in [5, 5.41) is 23.5. The van der Waals surface area contributed by atoms with Gasteiger partial charge in [0.2, 0.25) is 0 Å². The number of amides is 1. The van der Waals surface area contributed by atoms with Crippen molar-refractivity contribution in [2.24, 2.45) is 0 Å². The van der Waals surface area contributed by atoms with Gasteiger partial charge in [-0.05, 0) is 49.4 Å². The fraction of sp³-hybridized carbons (Fsp3) is 0.348. The van der Waals surface area contributed by atoms with E-state index < -0.39 is 0 Å². The van der Waals surface area contributed by atoms with Gasteiger partial charge in [-0.1, -0.05) is 5.10 Å². The number of phenols is 1. The van der Waals surface area contributed by atoms with Crippen LogP contribution < -0.4 is 15.4 Å². The Morgan fingerprint density at radius 3 is 2.70 bits per heavy atom. The molecule has 0 unspecified atom stereocenters. The molecule has 4 rings (SSSR count). The molecule has 1 aromatic heterocycles. The molecule has 2 aromatic carbocycles. The number of morpholine rings is 1. The van der Waals surface area contributed by atoms with E-state index in [1.54, 1.807) is 30.3 Å². The summed E-state index contributed by atoms with van der Waals surface area (Å²) >= 11 is 0. The molecule has 0 radical (unpaired) electrons. The zero-order valence-electron chi connectivity index (χ0n) is 18.4. The van der Waals surface area contributed by atoms with Crippen LogP contribution in [-0.4, -0.2) is 72.6 Å². The van der Waals surface area contributed by atoms with E-state index in [0.717, 1.165) is 45.8 Å². The lowest BCUT2D eigenvalue weighted by molar-refractivity contribution is 0.0378. The van der Waals surface area contributed by atoms with E-state index in [-0.39, 0.29) is 11.7 Å². The highest BCUT2D eigenvalue weighted by Crippen LogP contribution is 2.32. The average Bonchev–Trinajstić information content (AvgIpc) is 3.31. The molecule has 1 fully saturated rings. The molecule has 1 amide bonds. The van der Waals surface area contributed by atoms with Crippen molar-refractivity contribution in [3.63, 3.8) is 0 Å². The highest BCUT2D eigenvalue weighted by atomic mass is 16.5. The number of benzene rings is 2. The van der Waals surface area contributed by atoms with Gasteiger partial charge >= 0.3 is 6.01 Å². The van der Waals surface area contributed by atoms with Crippen molar-refractivity contribution in [3.8, 4) is 23.0 Å². The van der Waals surface area contributed by atoms with Crippen LogP contribution in [0, 0.1) is 0 Å². The molecule has 1 aliphatic heterocycles. The highest BCUT2D eigenvalue weighted by Gasteiger charge is 2.16. The number of nitrogens with zero attached hydrogens (tertiary/aromatic N) is 3. The zero-order chi connectivity index (χ0) is 23.0. The highest BCUT2D eigenvalue weighted by molar-refractivity contribution is 6.04. The smallest absolute Gasteiger partial charge is 0.315 e. The van der Waals surface area contributed by atoms with Gasteiger partial charge in [0, 0.05) is 37.0 Å². The number of aromatic nitrogens is 2. The van der Waals surface area contributed by atoms with Crippen molar-refractivity contribution >= 4 is 17.6 Å². The van der Waals surface area contributed by atoms with Gasteiger partial charge in [0.05, 0.1) is 25.9 Å². The van der Waals surface area contributed by atoms with Crippen LogP contribution in [0.15, 0.2) is 46.9 Å². The van der Waals surface area contributed by atoms with Crippen LogP contribution in [0.2, 0.25) is 0 Å². The lowest BCUT2D eigenvalue weighted by atomic mass is 10.1. The fourth-order valence-electron chi connectivity index (χ4n) is 3.49. The molecular weight excluding hydrogens is 426 g/mol. The first-order valence-electron chi connectivity index (χ1n) is 10.8. The summed E-state index contributed by atoms with van der Waals surface area (Å²) in [4.78, 5) is 14.8. The summed E-state index contributed by atoms with van der Waals surface area (Å²) in [6.07, 6.45) is 0.955. The number of aromatic hydroxyl groups is 1. The fourth-order valence-corrected chi connectivity index (χ4v) is 3.49. The van der Waals surface area contributed by atoms with Crippen molar-refractivity contribution in [2.45, 2.75) is 6.42 Å². The molecule has 0 bridgehead atoms. The predicted molar refractivity (Wildman–Crippen MR) is 123 cm³/mol. The van der Waals surface area contributed by atoms with Gasteiger partial charge < -0.3 is 29.6 Å². The summed E-state index contributed by atoms with van der Waals surface area (Å²) in [5.41, 5.74) is 1.60. The van der Waals surface area contributed by atoms with Crippen LogP contribution in [0.25, 0.3) is 11.5 Å². The third-order valence-electron chi connectivity index (χ3n) is 5.28. The Balaban J connectivity index is 1.35. The minimum atomic E-state index is -0.300. The quantitative estimate of drug-likeness (QED) is 0.420. The second-order valence-electron chi connectivity index (χ2n) is 7.56. The molecule has 10 heteroatoms. The zero-order valence-corrected chi connectivity index (χ0v) is 18.4. The topological polar surface area (TPSA) is 122 Å².